The molecule has 1 aromatic heterocycles. The van der Waals surface area contributed by atoms with Crippen molar-refractivity contribution in [3.05, 3.63) is 212 Å². The van der Waals surface area contributed by atoms with Gasteiger partial charge in [-0.05, 0) is 103 Å². The van der Waals surface area contributed by atoms with Crippen LogP contribution in [-0.4, -0.2) is 0 Å². The molecule has 0 N–H and O–H groups in total. The first kappa shape index (κ1) is 32.4. The van der Waals surface area contributed by atoms with Gasteiger partial charge < -0.3 is 4.90 Å². The number of nitrogens with zero attached hydrogens (tertiary/aromatic N) is 1. The summed E-state index contributed by atoms with van der Waals surface area (Å²) in [5.74, 6) is 0. The van der Waals surface area contributed by atoms with Gasteiger partial charge in [0.2, 0.25) is 0 Å². The van der Waals surface area contributed by atoms with Crippen molar-refractivity contribution in [3.8, 4) is 33.4 Å². The molecule has 0 aliphatic carbocycles. The Labute approximate surface area is 330 Å². The number of benzene rings is 10. The molecule has 11 rings (SSSR count). The summed E-state index contributed by atoms with van der Waals surface area (Å²) in [6.07, 6.45) is 0. The summed E-state index contributed by atoms with van der Waals surface area (Å²) < 4.78 is 2.57. The lowest BCUT2D eigenvalue weighted by Gasteiger charge is -2.29. The van der Waals surface area contributed by atoms with Crippen molar-refractivity contribution >= 4 is 80.9 Å². The van der Waals surface area contributed by atoms with Crippen molar-refractivity contribution in [2.75, 3.05) is 4.90 Å². The third-order valence-electron chi connectivity index (χ3n) is 11.3. The van der Waals surface area contributed by atoms with Gasteiger partial charge in [-0.15, -0.1) is 11.3 Å². The Morgan fingerprint density at radius 3 is 1.75 bits per heavy atom. The highest BCUT2D eigenvalue weighted by Gasteiger charge is 2.23. The number of rotatable bonds is 6. The largest absolute Gasteiger partial charge is 0.309 e. The molecule has 0 fully saturated rings. The number of hydrogen-bond donors (Lipinski definition) is 0. The quantitative estimate of drug-likeness (QED) is 0.154. The van der Waals surface area contributed by atoms with E-state index in [-0.39, 0.29) is 0 Å². The van der Waals surface area contributed by atoms with Crippen LogP contribution in [0.15, 0.2) is 212 Å². The van der Waals surface area contributed by atoms with Gasteiger partial charge in [0.25, 0.3) is 0 Å². The van der Waals surface area contributed by atoms with E-state index in [1.54, 1.807) is 0 Å². The molecule has 0 bridgehead atoms. The summed E-state index contributed by atoms with van der Waals surface area (Å²) in [6.45, 7) is 0. The normalized spacial score (nSPS) is 11.6. The molecule has 0 spiro atoms. The van der Waals surface area contributed by atoms with Gasteiger partial charge in [-0.1, -0.05) is 170 Å². The summed E-state index contributed by atoms with van der Waals surface area (Å²) in [5.41, 5.74) is 10.6. The smallest absolute Gasteiger partial charge is 0.0555 e. The highest BCUT2D eigenvalue weighted by molar-refractivity contribution is 7.26. The van der Waals surface area contributed by atoms with E-state index in [4.69, 9.17) is 0 Å². The Morgan fingerprint density at radius 1 is 0.304 bits per heavy atom. The van der Waals surface area contributed by atoms with Gasteiger partial charge >= 0.3 is 0 Å². The van der Waals surface area contributed by atoms with Crippen LogP contribution in [0, 0.1) is 0 Å². The maximum absolute atomic E-state index is 2.50. The fourth-order valence-corrected chi connectivity index (χ4v) is 9.78. The zero-order chi connectivity index (χ0) is 37.0. The molecular formula is C54H35NS. The Balaban J connectivity index is 1.18. The first-order chi connectivity index (χ1) is 27.8. The number of anilines is 3. The summed E-state index contributed by atoms with van der Waals surface area (Å²) in [6, 6.07) is 77.9. The predicted octanol–water partition coefficient (Wildman–Crippen LogP) is 16.0. The second-order valence-electron chi connectivity index (χ2n) is 14.4. The summed E-state index contributed by atoms with van der Waals surface area (Å²) >= 11 is 1.86. The molecule has 0 amide bonds. The van der Waals surface area contributed by atoms with Crippen LogP contribution in [0.4, 0.5) is 17.1 Å². The fraction of sp³-hybridized carbons (Fsp3) is 0. The summed E-state index contributed by atoms with van der Waals surface area (Å²) in [5, 5.41) is 10.1. The molecule has 0 atom stereocenters. The van der Waals surface area contributed by atoms with E-state index in [2.05, 4.69) is 217 Å². The number of fused-ring (bicyclic) bond motifs is 7. The van der Waals surface area contributed by atoms with Gasteiger partial charge in [0.15, 0.2) is 0 Å². The van der Waals surface area contributed by atoms with Gasteiger partial charge in [0.05, 0.1) is 11.4 Å². The molecule has 0 aliphatic rings. The van der Waals surface area contributed by atoms with Gasteiger partial charge in [0.1, 0.15) is 0 Å². The maximum Gasteiger partial charge on any atom is 0.0555 e. The molecule has 0 saturated carbocycles. The summed E-state index contributed by atoms with van der Waals surface area (Å²) in [7, 11) is 0. The van der Waals surface area contributed by atoms with E-state index in [1.807, 2.05) is 11.3 Å². The van der Waals surface area contributed by atoms with Crippen LogP contribution in [0.1, 0.15) is 0 Å². The van der Waals surface area contributed by atoms with Crippen LogP contribution < -0.4 is 4.90 Å². The fourth-order valence-electron chi connectivity index (χ4n) is 8.66. The molecular weight excluding hydrogens is 695 g/mol. The molecule has 56 heavy (non-hydrogen) atoms. The van der Waals surface area contributed by atoms with Gasteiger partial charge in [-0.25, -0.2) is 0 Å². The monoisotopic (exact) mass is 729 g/mol. The minimum absolute atomic E-state index is 1.11. The SMILES string of the molecule is c1ccc(-c2ccc(-c3cccc4ccccc34)cc2N(c2ccc(-c3cc4ccccc4c4ccccc34)cc2)c2cccc3sc4ccccc4c23)cc1. The Morgan fingerprint density at radius 2 is 0.911 bits per heavy atom. The number of hydrogen-bond acceptors (Lipinski definition) is 2. The van der Waals surface area contributed by atoms with Gasteiger partial charge in [-0.3, -0.25) is 0 Å². The van der Waals surface area contributed by atoms with Crippen molar-refractivity contribution in [1.82, 2.24) is 0 Å². The first-order valence-electron chi connectivity index (χ1n) is 19.2. The third-order valence-corrected chi connectivity index (χ3v) is 12.4. The van der Waals surface area contributed by atoms with E-state index in [9.17, 15) is 0 Å². The minimum Gasteiger partial charge on any atom is -0.309 e. The molecule has 0 saturated heterocycles. The lowest BCUT2D eigenvalue weighted by molar-refractivity contribution is 1.30. The molecule has 1 nitrogen and oxygen atoms in total. The zero-order valence-electron chi connectivity index (χ0n) is 30.6. The molecule has 0 unspecified atom stereocenters. The van der Waals surface area contributed by atoms with Crippen LogP contribution in [-0.2, 0) is 0 Å². The van der Waals surface area contributed by atoms with Gasteiger partial charge in [-0.2, -0.15) is 0 Å². The van der Waals surface area contributed by atoms with E-state index < -0.39 is 0 Å². The minimum atomic E-state index is 1.11. The first-order valence-corrected chi connectivity index (χ1v) is 20.0. The Hall–Kier alpha value is -7.00. The van der Waals surface area contributed by atoms with Crippen molar-refractivity contribution in [2.24, 2.45) is 0 Å². The topological polar surface area (TPSA) is 3.24 Å². The molecule has 10 aromatic carbocycles. The highest BCUT2D eigenvalue weighted by Crippen LogP contribution is 2.49. The maximum atomic E-state index is 2.50. The van der Waals surface area contributed by atoms with Crippen LogP contribution in [0.2, 0.25) is 0 Å². The van der Waals surface area contributed by atoms with Crippen molar-refractivity contribution in [1.29, 1.82) is 0 Å². The standard InChI is InChI=1S/C54H35NS/c1-2-14-37(15-3-1)45-33-30-40(43-24-12-18-36-16-4-6-19-42(36)43)35-51(45)55(50-25-13-27-53-54(50)48-23-10-11-26-52(48)56-53)41-31-28-38(29-32-41)49-34-39-17-5-7-20-44(39)46-21-8-9-22-47(46)49/h1-35H. The second-order valence-corrected chi connectivity index (χ2v) is 15.5. The van der Waals surface area contributed by atoms with E-state index in [0.717, 1.165) is 17.1 Å². The number of thiophene rings is 1. The van der Waals surface area contributed by atoms with Crippen molar-refractivity contribution < 1.29 is 0 Å². The van der Waals surface area contributed by atoms with Crippen LogP contribution in [0.5, 0.6) is 0 Å². The van der Waals surface area contributed by atoms with Gasteiger partial charge in [0, 0.05) is 31.4 Å². The highest BCUT2D eigenvalue weighted by atomic mass is 32.1. The third kappa shape index (κ3) is 5.38. The molecule has 0 aliphatic heterocycles. The lowest BCUT2D eigenvalue weighted by Crippen LogP contribution is -2.12. The molecule has 0 radical (unpaired) electrons. The van der Waals surface area contributed by atoms with E-state index in [0.29, 0.717) is 0 Å². The molecule has 262 valence electrons. The average molecular weight is 730 g/mol. The second kappa shape index (κ2) is 13.4. The van der Waals surface area contributed by atoms with E-state index in [1.165, 1.54) is 85.9 Å². The molecule has 1 heterocycles. The van der Waals surface area contributed by atoms with E-state index >= 15 is 0 Å². The zero-order valence-corrected chi connectivity index (χ0v) is 31.4. The molecule has 11 aromatic rings. The Bertz CT molecular complexity index is 3240. The van der Waals surface area contributed by atoms with Crippen molar-refractivity contribution in [2.45, 2.75) is 0 Å². The van der Waals surface area contributed by atoms with Crippen molar-refractivity contribution in [3.63, 3.8) is 0 Å². The van der Waals surface area contributed by atoms with Crippen LogP contribution >= 0.6 is 11.3 Å². The molecule has 2 heteroatoms. The predicted molar refractivity (Wildman–Crippen MR) is 243 cm³/mol. The Kier molecular flexibility index (Phi) is 7.75. The average Bonchev–Trinajstić information content (AvgIpc) is 3.66. The van der Waals surface area contributed by atoms with Crippen LogP contribution in [0.3, 0.4) is 0 Å². The van der Waals surface area contributed by atoms with Crippen LogP contribution in [0.25, 0.3) is 85.9 Å². The summed E-state index contributed by atoms with van der Waals surface area (Å²) in [4.78, 5) is 2.50. The lowest BCUT2D eigenvalue weighted by atomic mass is 9.92.